The average Bonchev–Trinajstić information content (AvgIpc) is 3.36. The minimum absolute atomic E-state index is 0.0729. The van der Waals surface area contributed by atoms with Crippen molar-refractivity contribution in [2.24, 2.45) is 0 Å². The lowest BCUT2D eigenvalue weighted by Crippen LogP contribution is -2.51. The van der Waals surface area contributed by atoms with Crippen LogP contribution in [0, 0.1) is 12.7 Å². The lowest BCUT2D eigenvalue weighted by Gasteiger charge is -2.36. The van der Waals surface area contributed by atoms with E-state index in [1.807, 2.05) is 25.1 Å². The summed E-state index contributed by atoms with van der Waals surface area (Å²) in [6.07, 6.45) is 0. The number of piperazine rings is 1. The summed E-state index contributed by atoms with van der Waals surface area (Å²) in [7, 11) is -4.04. The maximum Gasteiger partial charge on any atom is 0.264 e. The van der Waals surface area contributed by atoms with Gasteiger partial charge in [-0.15, -0.1) is 0 Å². The predicted molar refractivity (Wildman–Crippen MR) is 137 cm³/mol. The molecule has 0 aromatic heterocycles. The van der Waals surface area contributed by atoms with Crippen molar-refractivity contribution in [2.75, 3.05) is 43.8 Å². The number of amides is 1. The van der Waals surface area contributed by atoms with Crippen LogP contribution in [0.15, 0.2) is 71.6 Å². The largest absolute Gasteiger partial charge is 0.454 e. The number of hydrogen-bond acceptors (Lipinski definition) is 6. The number of sulfonamides is 1. The van der Waals surface area contributed by atoms with E-state index in [1.54, 1.807) is 17.0 Å². The maximum absolute atomic E-state index is 13.6. The number of halogens is 1. The molecular weight excluding hydrogens is 497 g/mol. The fourth-order valence-corrected chi connectivity index (χ4v) is 5.85. The van der Waals surface area contributed by atoms with Crippen LogP contribution in [0.2, 0.25) is 0 Å². The summed E-state index contributed by atoms with van der Waals surface area (Å²) in [5.74, 6) is 0.691. The molecule has 10 heteroatoms. The van der Waals surface area contributed by atoms with Crippen LogP contribution < -0.4 is 13.8 Å². The third kappa shape index (κ3) is 5.55. The molecule has 194 valence electrons. The Bertz CT molecular complexity index is 1370. The van der Waals surface area contributed by atoms with E-state index < -0.39 is 15.8 Å². The molecule has 0 spiro atoms. The van der Waals surface area contributed by atoms with Crippen LogP contribution in [0.4, 0.5) is 10.1 Å². The molecule has 0 radical (unpaired) electrons. The Morgan fingerprint density at radius 3 is 2.30 bits per heavy atom. The van der Waals surface area contributed by atoms with Gasteiger partial charge in [0.2, 0.25) is 12.7 Å². The maximum atomic E-state index is 13.6. The number of rotatable bonds is 7. The molecule has 1 amide bonds. The number of hydrogen-bond donors (Lipinski definition) is 0. The molecule has 3 aromatic carbocycles. The second-order valence-electron chi connectivity index (χ2n) is 9.15. The van der Waals surface area contributed by atoms with Gasteiger partial charge in [0.05, 0.1) is 10.6 Å². The highest BCUT2D eigenvalue weighted by molar-refractivity contribution is 7.92. The summed E-state index contributed by atoms with van der Waals surface area (Å²) >= 11 is 0. The molecule has 2 heterocycles. The van der Waals surface area contributed by atoms with Gasteiger partial charge in [0.25, 0.3) is 10.0 Å². The molecule has 0 unspecified atom stereocenters. The average molecular weight is 526 g/mol. The number of benzene rings is 3. The molecule has 3 aromatic rings. The molecule has 5 rings (SSSR count). The first-order valence-electron chi connectivity index (χ1n) is 12.0. The first-order valence-corrected chi connectivity index (χ1v) is 13.5. The number of aryl methyl sites for hydroxylation is 1. The van der Waals surface area contributed by atoms with Crippen LogP contribution in [0.25, 0.3) is 0 Å². The van der Waals surface area contributed by atoms with Crippen molar-refractivity contribution >= 4 is 21.6 Å². The first-order chi connectivity index (χ1) is 17.8. The molecule has 0 bridgehead atoms. The summed E-state index contributed by atoms with van der Waals surface area (Å²) in [6, 6.07) is 17.4. The molecule has 2 aliphatic rings. The van der Waals surface area contributed by atoms with E-state index in [1.165, 1.54) is 36.4 Å². The lowest BCUT2D eigenvalue weighted by molar-refractivity contribution is -0.131. The molecule has 8 nitrogen and oxygen atoms in total. The molecule has 0 aliphatic carbocycles. The van der Waals surface area contributed by atoms with Crippen LogP contribution in [0.3, 0.4) is 0 Å². The quantitative estimate of drug-likeness (QED) is 0.471. The summed E-state index contributed by atoms with van der Waals surface area (Å²) in [4.78, 5) is 17.3. The first kappa shape index (κ1) is 25.0. The van der Waals surface area contributed by atoms with Crippen molar-refractivity contribution in [3.8, 4) is 11.5 Å². The Labute approximate surface area is 215 Å². The van der Waals surface area contributed by atoms with Gasteiger partial charge in [0.15, 0.2) is 11.5 Å². The zero-order chi connectivity index (χ0) is 26.0. The van der Waals surface area contributed by atoms with Crippen molar-refractivity contribution in [3.05, 3.63) is 83.7 Å². The minimum Gasteiger partial charge on any atom is -0.454 e. The monoisotopic (exact) mass is 525 g/mol. The third-order valence-electron chi connectivity index (χ3n) is 6.57. The third-order valence-corrected chi connectivity index (χ3v) is 8.36. The highest BCUT2D eigenvalue weighted by Crippen LogP contribution is 2.33. The Hall–Kier alpha value is -3.63. The fourth-order valence-electron chi connectivity index (χ4n) is 4.44. The van der Waals surface area contributed by atoms with Gasteiger partial charge in [0, 0.05) is 32.7 Å². The smallest absolute Gasteiger partial charge is 0.264 e. The number of nitrogens with zero attached hydrogens (tertiary/aromatic N) is 3. The molecule has 0 N–H and O–H groups in total. The van der Waals surface area contributed by atoms with Gasteiger partial charge in [-0.25, -0.2) is 12.8 Å². The summed E-state index contributed by atoms with van der Waals surface area (Å²) in [5.41, 5.74) is 2.24. The van der Waals surface area contributed by atoms with Crippen LogP contribution in [0.1, 0.15) is 11.1 Å². The van der Waals surface area contributed by atoms with E-state index in [0.717, 1.165) is 26.9 Å². The highest BCUT2D eigenvalue weighted by Gasteiger charge is 2.30. The van der Waals surface area contributed by atoms with Gasteiger partial charge in [0.1, 0.15) is 12.4 Å². The molecule has 0 atom stereocenters. The molecule has 1 fully saturated rings. The zero-order valence-electron chi connectivity index (χ0n) is 20.5. The second-order valence-corrected chi connectivity index (χ2v) is 11.0. The fraction of sp³-hybridized carbons (Fsp3) is 0.296. The molecule has 1 saturated heterocycles. The predicted octanol–water partition coefficient (Wildman–Crippen LogP) is 3.40. The topological polar surface area (TPSA) is 79.4 Å². The van der Waals surface area contributed by atoms with Crippen LogP contribution >= 0.6 is 0 Å². The summed E-state index contributed by atoms with van der Waals surface area (Å²) < 4.78 is 52.5. The minimum atomic E-state index is -4.04. The Morgan fingerprint density at radius 2 is 1.59 bits per heavy atom. The van der Waals surface area contributed by atoms with Crippen molar-refractivity contribution in [3.63, 3.8) is 0 Å². The highest BCUT2D eigenvalue weighted by atomic mass is 32.2. The Morgan fingerprint density at radius 1 is 0.919 bits per heavy atom. The molecule has 37 heavy (non-hydrogen) atoms. The van der Waals surface area contributed by atoms with Crippen molar-refractivity contribution in [1.29, 1.82) is 0 Å². The van der Waals surface area contributed by atoms with Gasteiger partial charge >= 0.3 is 0 Å². The standard InChI is InChI=1S/C27H28FN3O5S/c1-20-2-9-24(10-3-20)37(33,34)31(23-7-5-22(28)6-8-23)18-27(32)30-14-12-29(13-15-30)17-21-4-11-25-26(16-21)36-19-35-25/h2-11,16H,12-15,17-19H2,1H3. The summed E-state index contributed by atoms with van der Waals surface area (Å²) in [5, 5.41) is 0. The normalized spacial score (nSPS) is 15.6. The molecule has 2 aliphatic heterocycles. The zero-order valence-corrected chi connectivity index (χ0v) is 21.3. The van der Waals surface area contributed by atoms with Crippen LogP contribution in [0.5, 0.6) is 11.5 Å². The second kappa shape index (κ2) is 10.4. The van der Waals surface area contributed by atoms with Crippen molar-refractivity contribution < 1.29 is 27.1 Å². The van der Waals surface area contributed by atoms with Gasteiger partial charge in [-0.3, -0.25) is 14.0 Å². The van der Waals surface area contributed by atoms with Crippen LogP contribution in [-0.2, 0) is 21.4 Å². The lowest BCUT2D eigenvalue weighted by atomic mass is 10.1. The van der Waals surface area contributed by atoms with Gasteiger partial charge in [-0.1, -0.05) is 23.8 Å². The number of anilines is 1. The van der Waals surface area contributed by atoms with E-state index >= 15 is 0 Å². The van der Waals surface area contributed by atoms with E-state index in [-0.39, 0.29) is 29.8 Å². The number of fused-ring (bicyclic) bond motifs is 1. The van der Waals surface area contributed by atoms with Gasteiger partial charge in [-0.2, -0.15) is 0 Å². The molecular formula is C27H28FN3O5S. The molecule has 0 saturated carbocycles. The van der Waals surface area contributed by atoms with Gasteiger partial charge < -0.3 is 14.4 Å². The Kier molecular flexibility index (Phi) is 7.03. The number of carbonyl (C=O) groups is 1. The van der Waals surface area contributed by atoms with Crippen molar-refractivity contribution in [2.45, 2.75) is 18.4 Å². The van der Waals surface area contributed by atoms with E-state index in [0.29, 0.717) is 32.7 Å². The number of ether oxygens (including phenoxy) is 2. The van der Waals surface area contributed by atoms with E-state index in [2.05, 4.69) is 4.90 Å². The number of carbonyl (C=O) groups excluding carboxylic acids is 1. The van der Waals surface area contributed by atoms with Crippen LogP contribution in [-0.4, -0.2) is 63.6 Å². The van der Waals surface area contributed by atoms with E-state index in [4.69, 9.17) is 9.47 Å². The van der Waals surface area contributed by atoms with Crippen molar-refractivity contribution in [1.82, 2.24) is 9.80 Å². The van der Waals surface area contributed by atoms with Gasteiger partial charge in [-0.05, 0) is 61.0 Å². The summed E-state index contributed by atoms with van der Waals surface area (Å²) in [6.45, 7) is 4.70. The SMILES string of the molecule is Cc1ccc(S(=O)(=O)N(CC(=O)N2CCN(Cc3ccc4c(c3)OCO4)CC2)c2ccc(F)cc2)cc1. The van der Waals surface area contributed by atoms with E-state index in [9.17, 15) is 17.6 Å². The Balaban J connectivity index is 1.27.